The van der Waals surface area contributed by atoms with E-state index in [0.29, 0.717) is 28.1 Å². The van der Waals surface area contributed by atoms with Gasteiger partial charge >= 0.3 is 5.97 Å². The van der Waals surface area contributed by atoms with Crippen molar-refractivity contribution in [1.29, 1.82) is 0 Å². The molecule has 31 heavy (non-hydrogen) atoms. The van der Waals surface area contributed by atoms with Crippen LogP contribution in [0.15, 0.2) is 48.5 Å². The third kappa shape index (κ3) is 4.04. The lowest BCUT2D eigenvalue weighted by Gasteiger charge is -2.48. The quantitative estimate of drug-likeness (QED) is 0.747. The standard InChI is InChI=1S/C24H25ClN2O4/c1-14(28)26-19-8-4-5-9-20(19)27-22(15-10-12-16(25)13-11-15)21(24(30)31)17-6-2-3-7-18(17)23(27)29/h2-3,6-7,10-13,19-22H,4-5,8-9H2,1H3,(H,26,28)(H,30,31)/t19-,20-,21+,22-/m0/s1. The first-order valence-corrected chi connectivity index (χ1v) is 10.9. The van der Waals surface area contributed by atoms with Crippen LogP contribution in [0, 0.1) is 0 Å². The Morgan fingerprint density at radius 3 is 2.42 bits per heavy atom. The predicted octanol–water partition coefficient (Wildman–Crippen LogP) is 4.15. The molecule has 0 bridgehead atoms. The Labute approximate surface area is 186 Å². The third-order valence-electron chi connectivity index (χ3n) is 6.33. The van der Waals surface area contributed by atoms with E-state index >= 15 is 0 Å². The molecule has 2 aromatic carbocycles. The highest BCUT2D eigenvalue weighted by atomic mass is 35.5. The summed E-state index contributed by atoms with van der Waals surface area (Å²) >= 11 is 6.08. The van der Waals surface area contributed by atoms with Crippen molar-refractivity contribution in [2.45, 2.75) is 56.7 Å². The molecule has 2 amide bonds. The summed E-state index contributed by atoms with van der Waals surface area (Å²) in [7, 11) is 0. The normalized spacial score (nSPS) is 25.6. The van der Waals surface area contributed by atoms with Crippen LogP contribution in [0.1, 0.15) is 66.1 Å². The Morgan fingerprint density at radius 1 is 1.06 bits per heavy atom. The van der Waals surface area contributed by atoms with Gasteiger partial charge in [-0.1, -0.05) is 54.8 Å². The number of aliphatic carboxylic acids is 1. The van der Waals surface area contributed by atoms with Crippen LogP contribution < -0.4 is 5.32 Å². The van der Waals surface area contributed by atoms with Gasteiger partial charge in [-0.05, 0) is 42.2 Å². The van der Waals surface area contributed by atoms with E-state index in [4.69, 9.17) is 11.6 Å². The van der Waals surface area contributed by atoms with Crippen molar-refractivity contribution in [1.82, 2.24) is 10.2 Å². The summed E-state index contributed by atoms with van der Waals surface area (Å²) in [6.07, 6.45) is 3.32. The van der Waals surface area contributed by atoms with Crippen LogP contribution in [0.3, 0.4) is 0 Å². The van der Waals surface area contributed by atoms with Gasteiger partial charge in [0, 0.05) is 23.6 Å². The lowest BCUT2D eigenvalue weighted by molar-refractivity contribution is -0.141. The van der Waals surface area contributed by atoms with Crippen LogP contribution in [0.25, 0.3) is 0 Å². The zero-order valence-corrected chi connectivity index (χ0v) is 18.0. The number of nitrogens with zero attached hydrogens (tertiary/aromatic N) is 1. The molecule has 4 atom stereocenters. The molecular formula is C24H25ClN2O4. The van der Waals surface area contributed by atoms with E-state index in [0.717, 1.165) is 19.3 Å². The molecule has 1 fully saturated rings. The Kier molecular flexibility index (Phi) is 6.01. The summed E-state index contributed by atoms with van der Waals surface area (Å²) in [4.78, 5) is 39.9. The molecule has 162 valence electrons. The SMILES string of the molecule is CC(=O)N[C@H]1CCCC[C@@H]1N1C(=O)c2ccccc2[C@@H](C(=O)O)[C@@H]1c1ccc(Cl)cc1. The summed E-state index contributed by atoms with van der Waals surface area (Å²) in [5.74, 6) is -2.26. The predicted molar refractivity (Wildman–Crippen MR) is 117 cm³/mol. The van der Waals surface area contributed by atoms with E-state index in [9.17, 15) is 19.5 Å². The molecule has 0 unspecified atom stereocenters. The number of rotatable bonds is 4. The van der Waals surface area contributed by atoms with Gasteiger partial charge in [0.05, 0.1) is 12.1 Å². The summed E-state index contributed by atoms with van der Waals surface area (Å²) in [6, 6.07) is 12.7. The third-order valence-corrected chi connectivity index (χ3v) is 6.58. The number of amides is 2. The molecule has 1 aliphatic carbocycles. The first kappa shape index (κ1) is 21.4. The van der Waals surface area contributed by atoms with Crippen LogP contribution in [0.2, 0.25) is 5.02 Å². The molecule has 4 rings (SSSR count). The first-order valence-electron chi connectivity index (χ1n) is 10.6. The minimum absolute atomic E-state index is 0.153. The number of carboxylic acid groups (broad SMARTS) is 1. The highest BCUT2D eigenvalue weighted by Crippen LogP contribution is 2.45. The molecule has 1 heterocycles. The van der Waals surface area contributed by atoms with Crippen molar-refractivity contribution in [3.8, 4) is 0 Å². The number of fused-ring (bicyclic) bond motifs is 1. The minimum atomic E-state index is -0.989. The zero-order chi connectivity index (χ0) is 22.1. The van der Waals surface area contributed by atoms with Crippen molar-refractivity contribution in [2.24, 2.45) is 0 Å². The first-order chi connectivity index (χ1) is 14.9. The van der Waals surface area contributed by atoms with Crippen molar-refractivity contribution >= 4 is 29.4 Å². The fourth-order valence-corrected chi connectivity index (χ4v) is 5.20. The smallest absolute Gasteiger partial charge is 0.313 e. The van der Waals surface area contributed by atoms with Crippen LogP contribution in [0.4, 0.5) is 0 Å². The average molecular weight is 441 g/mol. The summed E-state index contributed by atoms with van der Waals surface area (Å²) < 4.78 is 0. The van der Waals surface area contributed by atoms with Gasteiger partial charge in [-0.15, -0.1) is 0 Å². The number of halogens is 1. The maximum Gasteiger partial charge on any atom is 0.313 e. The maximum absolute atomic E-state index is 13.8. The lowest BCUT2D eigenvalue weighted by Crippen LogP contribution is -2.58. The molecule has 1 saturated carbocycles. The van der Waals surface area contributed by atoms with E-state index in [1.165, 1.54) is 6.92 Å². The van der Waals surface area contributed by atoms with Gasteiger partial charge in [0.25, 0.3) is 5.91 Å². The number of benzene rings is 2. The summed E-state index contributed by atoms with van der Waals surface area (Å²) in [6.45, 7) is 1.47. The van der Waals surface area contributed by atoms with E-state index in [1.54, 1.807) is 53.4 Å². The second-order valence-corrected chi connectivity index (χ2v) is 8.71. The number of carbonyl (C=O) groups excluding carboxylic acids is 2. The molecule has 7 heteroatoms. The molecule has 0 radical (unpaired) electrons. The highest BCUT2D eigenvalue weighted by Gasteiger charge is 2.48. The van der Waals surface area contributed by atoms with Crippen molar-refractivity contribution < 1.29 is 19.5 Å². The van der Waals surface area contributed by atoms with E-state index in [1.807, 2.05) is 0 Å². The summed E-state index contributed by atoms with van der Waals surface area (Å²) in [5.41, 5.74) is 1.64. The number of carboxylic acids is 1. The fraction of sp³-hybridized carbons (Fsp3) is 0.375. The molecule has 6 nitrogen and oxygen atoms in total. The van der Waals surface area contributed by atoms with E-state index in [-0.39, 0.29) is 23.9 Å². The Bertz CT molecular complexity index is 1010. The largest absolute Gasteiger partial charge is 0.481 e. The van der Waals surface area contributed by atoms with Crippen LogP contribution in [-0.4, -0.2) is 39.9 Å². The van der Waals surface area contributed by atoms with E-state index in [2.05, 4.69) is 5.32 Å². The van der Waals surface area contributed by atoms with Gasteiger partial charge in [0.2, 0.25) is 5.91 Å². The fourth-order valence-electron chi connectivity index (χ4n) is 5.07. The van der Waals surface area contributed by atoms with Gasteiger partial charge in [0.15, 0.2) is 0 Å². The van der Waals surface area contributed by atoms with Crippen molar-refractivity contribution in [3.63, 3.8) is 0 Å². The van der Waals surface area contributed by atoms with Crippen molar-refractivity contribution in [3.05, 3.63) is 70.2 Å². The maximum atomic E-state index is 13.8. The van der Waals surface area contributed by atoms with E-state index < -0.39 is 17.9 Å². The number of hydrogen-bond acceptors (Lipinski definition) is 3. The molecule has 2 aromatic rings. The van der Waals surface area contributed by atoms with Gasteiger partial charge in [-0.2, -0.15) is 0 Å². The Balaban J connectivity index is 1.89. The van der Waals surface area contributed by atoms with Gasteiger partial charge < -0.3 is 15.3 Å². The number of carbonyl (C=O) groups is 3. The molecule has 0 saturated heterocycles. The molecule has 0 aromatic heterocycles. The molecule has 2 N–H and O–H groups in total. The second kappa shape index (κ2) is 8.71. The lowest BCUT2D eigenvalue weighted by atomic mass is 9.77. The molecule has 1 aliphatic heterocycles. The summed E-state index contributed by atoms with van der Waals surface area (Å²) in [5, 5.41) is 13.8. The zero-order valence-electron chi connectivity index (χ0n) is 17.3. The topological polar surface area (TPSA) is 86.7 Å². The van der Waals surface area contributed by atoms with Crippen LogP contribution in [0.5, 0.6) is 0 Å². The number of hydrogen-bond donors (Lipinski definition) is 2. The molecular weight excluding hydrogens is 416 g/mol. The van der Waals surface area contributed by atoms with Crippen LogP contribution in [-0.2, 0) is 9.59 Å². The van der Waals surface area contributed by atoms with Crippen molar-refractivity contribution in [2.75, 3.05) is 0 Å². The minimum Gasteiger partial charge on any atom is -0.481 e. The monoisotopic (exact) mass is 440 g/mol. The van der Waals surface area contributed by atoms with Crippen LogP contribution >= 0.6 is 11.6 Å². The van der Waals surface area contributed by atoms with Gasteiger partial charge in [-0.3, -0.25) is 14.4 Å². The number of nitrogens with one attached hydrogen (secondary N) is 1. The average Bonchev–Trinajstić information content (AvgIpc) is 2.74. The Hall–Kier alpha value is -2.86. The van der Waals surface area contributed by atoms with Gasteiger partial charge in [0.1, 0.15) is 5.92 Å². The second-order valence-electron chi connectivity index (χ2n) is 8.27. The molecule has 0 spiro atoms. The Morgan fingerprint density at radius 2 is 1.74 bits per heavy atom. The van der Waals surface area contributed by atoms with Gasteiger partial charge in [-0.25, -0.2) is 0 Å². The molecule has 2 aliphatic rings. The highest BCUT2D eigenvalue weighted by molar-refractivity contribution is 6.30.